The lowest BCUT2D eigenvalue weighted by molar-refractivity contribution is -0.122. The number of nitrogens with zero attached hydrogens (tertiary/aromatic N) is 1. The van der Waals surface area contributed by atoms with Gasteiger partial charge in [0.15, 0.2) is 0 Å². The van der Waals surface area contributed by atoms with Crippen molar-refractivity contribution in [2.45, 2.75) is 38.3 Å². The zero-order chi connectivity index (χ0) is 16.8. The van der Waals surface area contributed by atoms with Crippen LogP contribution in [-0.4, -0.2) is 29.9 Å². The van der Waals surface area contributed by atoms with Crippen LogP contribution in [-0.2, 0) is 17.8 Å². The van der Waals surface area contributed by atoms with Gasteiger partial charge in [-0.3, -0.25) is 9.69 Å². The molecule has 1 aromatic carbocycles. The maximum absolute atomic E-state index is 12.1. The lowest BCUT2D eigenvalue weighted by Gasteiger charge is -2.32. The number of carbonyl (C=O) groups is 1. The third-order valence-corrected chi connectivity index (χ3v) is 5.48. The second-order valence-corrected chi connectivity index (χ2v) is 7.59. The van der Waals surface area contributed by atoms with Gasteiger partial charge in [0, 0.05) is 37.1 Å². The molecule has 0 atom stereocenters. The van der Waals surface area contributed by atoms with Gasteiger partial charge < -0.3 is 5.32 Å². The number of hydrogen-bond acceptors (Lipinski definition) is 3. The molecule has 1 amide bonds. The predicted octanol–water partition coefficient (Wildman–Crippen LogP) is 4.11. The highest BCUT2D eigenvalue weighted by molar-refractivity contribution is 7.07. The Kier molecular flexibility index (Phi) is 6.30. The van der Waals surface area contributed by atoms with Crippen molar-refractivity contribution >= 4 is 28.8 Å². The molecule has 1 aromatic heterocycles. The van der Waals surface area contributed by atoms with Gasteiger partial charge in [-0.1, -0.05) is 23.7 Å². The van der Waals surface area contributed by atoms with Gasteiger partial charge in [-0.25, -0.2) is 0 Å². The van der Waals surface area contributed by atoms with Crippen molar-refractivity contribution in [3.63, 3.8) is 0 Å². The number of likely N-dealkylation sites (tertiary alicyclic amines) is 1. The average Bonchev–Trinajstić information content (AvgIpc) is 3.10. The van der Waals surface area contributed by atoms with Crippen LogP contribution in [0.1, 0.15) is 30.4 Å². The summed E-state index contributed by atoms with van der Waals surface area (Å²) < 4.78 is 0. The SMILES string of the molecule is O=C(CCc1ccsc1)NC1CCN(Cc2ccc(Cl)cc2)CC1. The summed E-state index contributed by atoms with van der Waals surface area (Å²) in [5.74, 6) is 0.178. The Labute approximate surface area is 152 Å². The number of aryl methyl sites for hydroxylation is 1. The zero-order valence-electron chi connectivity index (χ0n) is 13.7. The van der Waals surface area contributed by atoms with Crippen LogP contribution < -0.4 is 5.32 Å². The monoisotopic (exact) mass is 362 g/mol. The summed E-state index contributed by atoms with van der Waals surface area (Å²) in [7, 11) is 0. The first kappa shape index (κ1) is 17.5. The first-order chi connectivity index (χ1) is 11.7. The minimum Gasteiger partial charge on any atom is -0.353 e. The Morgan fingerprint density at radius 3 is 2.58 bits per heavy atom. The van der Waals surface area contributed by atoms with E-state index in [-0.39, 0.29) is 5.91 Å². The van der Waals surface area contributed by atoms with Crippen molar-refractivity contribution < 1.29 is 4.79 Å². The molecule has 0 spiro atoms. The van der Waals surface area contributed by atoms with Gasteiger partial charge >= 0.3 is 0 Å². The van der Waals surface area contributed by atoms with E-state index in [0.29, 0.717) is 12.5 Å². The Hall–Kier alpha value is -1.36. The lowest BCUT2D eigenvalue weighted by atomic mass is 10.0. The standard InChI is InChI=1S/C19H23ClN2OS/c20-17-4-1-15(2-5-17)13-22-10-7-18(8-11-22)21-19(23)6-3-16-9-12-24-14-16/h1-2,4-5,9,12,14,18H,3,6-8,10-11,13H2,(H,21,23). The number of benzene rings is 1. The average molecular weight is 363 g/mol. The smallest absolute Gasteiger partial charge is 0.220 e. The molecule has 1 aliphatic heterocycles. The Morgan fingerprint density at radius 2 is 1.92 bits per heavy atom. The van der Waals surface area contributed by atoms with Crippen LogP contribution in [0.4, 0.5) is 0 Å². The summed E-state index contributed by atoms with van der Waals surface area (Å²) in [5, 5.41) is 8.15. The van der Waals surface area contributed by atoms with E-state index in [2.05, 4.69) is 39.2 Å². The molecular formula is C19H23ClN2OS. The normalized spacial score (nSPS) is 16.2. The maximum Gasteiger partial charge on any atom is 0.220 e. The van der Waals surface area contributed by atoms with Crippen molar-refractivity contribution in [3.8, 4) is 0 Å². The summed E-state index contributed by atoms with van der Waals surface area (Å²) in [6.45, 7) is 3.01. The third-order valence-electron chi connectivity index (χ3n) is 4.49. The second kappa shape index (κ2) is 8.65. The van der Waals surface area contributed by atoms with Gasteiger partial charge in [0.05, 0.1) is 0 Å². The van der Waals surface area contributed by atoms with Crippen LogP contribution in [0.5, 0.6) is 0 Å². The largest absolute Gasteiger partial charge is 0.353 e. The quantitative estimate of drug-likeness (QED) is 0.838. The molecule has 0 aliphatic carbocycles. The lowest BCUT2D eigenvalue weighted by Crippen LogP contribution is -2.44. The molecule has 0 radical (unpaired) electrons. The molecule has 5 heteroatoms. The molecular weight excluding hydrogens is 340 g/mol. The third kappa shape index (κ3) is 5.33. The number of hydrogen-bond donors (Lipinski definition) is 1. The highest BCUT2D eigenvalue weighted by atomic mass is 35.5. The van der Waals surface area contributed by atoms with Crippen LogP contribution in [0.15, 0.2) is 41.1 Å². The van der Waals surface area contributed by atoms with Gasteiger partial charge in [-0.2, -0.15) is 11.3 Å². The number of piperidine rings is 1. The summed E-state index contributed by atoms with van der Waals surface area (Å²) in [6.07, 6.45) is 3.47. The zero-order valence-corrected chi connectivity index (χ0v) is 15.3. The first-order valence-corrected chi connectivity index (χ1v) is 9.78. The van der Waals surface area contributed by atoms with Crippen LogP contribution in [0.2, 0.25) is 5.02 Å². The number of carbonyl (C=O) groups excluding carboxylic acids is 1. The second-order valence-electron chi connectivity index (χ2n) is 6.38. The first-order valence-electron chi connectivity index (χ1n) is 8.46. The van der Waals surface area contributed by atoms with E-state index in [1.165, 1.54) is 11.1 Å². The number of amides is 1. The van der Waals surface area contributed by atoms with Gasteiger partial charge in [0.1, 0.15) is 0 Å². The molecule has 3 rings (SSSR count). The molecule has 2 aromatic rings. The van der Waals surface area contributed by atoms with Crippen molar-refractivity contribution in [2.75, 3.05) is 13.1 Å². The van der Waals surface area contributed by atoms with E-state index in [1.807, 2.05) is 12.1 Å². The van der Waals surface area contributed by atoms with Crippen molar-refractivity contribution in [2.24, 2.45) is 0 Å². The molecule has 2 heterocycles. The number of thiophene rings is 1. The highest BCUT2D eigenvalue weighted by Crippen LogP contribution is 2.16. The molecule has 1 N–H and O–H groups in total. The summed E-state index contributed by atoms with van der Waals surface area (Å²) in [4.78, 5) is 14.5. The fourth-order valence-corrected chi connectivity index (χ4v) is 3.91. The van der Waals surface area contributed by atoms with Crippen molar-refractivity contribution in [1.82, 2.24) is 10.2 Å². The van der Waals surface area contributed by atoms with Gasteiger partial charge in [-0.05, 0) is 59.3 Å². The summed E-state index contributed by atoms with van der Waals surface area (Å²) >= 11 is 7.61. The fraction of sp³-hybridized carbons (Fsp3) is 0.421. The van der Waals surface area contributed by atoms with E-state index < -0.39 is 0 Å². The molecule has 1 aliphatic rings. The molecule has 1 fully saturated rings. The minimum atomic E-state index is 0.178. The van der Waals surface area contributed by atoms with E-state index >= 15 is 0 Å². The molecule has 3 nitrogen and oxygen atoms in total. The molecule has 1 saturated heterocycles. The molecule has 0 bridgehead atoms. The highest BCUT2D eigenvalue weighted by Gasteiger charge is 2.20. The van der Waals surface area contributed by atoms with E-state index in [0.717, 1.165) is 43.9 Å². The predicted molar refractivity (Wildman–Crippen MR) is 101 cm³/mol. The molecule has 24 heavy (non-hydrogen) atoms. The van der Waals surface area contributed by atoms with Crippen molar-refractivity contribution in [1.29, 1.82) is 0 Å². The minimum absolute atomic E-state index is 0.178. The van der Waals surface area contributed by atoms with E-state index in [1.54, 1.807) is 11.3 Å². The summed E-state index contributed by atoms with van der Waals surface area (Å²) in [6, 6.07) is 10.5. The molecule has 0 saturated carbocycles. The van der Waals surface area contributed by atoms with Crippen LogP contribution in [0.25, 0.3) is 0 Å². The number of rotatable bonds is 6. The van der Waals surface area contributed by atoms with Crippen molar-refractivity contribution in [3.05, 3.63) is 57.2 Å². The van der Waals surface area contributed by atoms with E-state index in [4.69, 9.17) is 11.6 Å². The Balaban J connectivity index is 1.37. The Morgan fingerprint density at radius 1 is 1.17 bits per heavy atom. The number of halogens is 1. The molecule has 128 valence electrons. The van der Waals surface area contributed by atoms with Crippen LogP contribution in [0, 0.1) is 0 Å². The van der Waals surface area contributed by atoms with Crippen LogP contribution >= 0.6 is 22.9 Å². The summed E-state index contributed by atoms with van der Waals surface area (Å²) in [5.41, 5.74) is 2.55. The van der Waals surface area contributed by atoms with Crippen LogP contribution in [0.3, 0.4) is 0 Å². The number of nitrogens with one attached hydrogen (secondary N) is 1. The topological polar surface area (TPSA) is 32.3 Å². The molecule has 0 unspecified atom stereocenters. The van der Waals surface area contributed by atoms with Gasteiger partial charge in [0.25, 0.3) is 0 Å². The van der Waals surface area contributed by atoms with E-state index in [9.17, 15) is 4.79 Å². The maximum atomic E-state index is 12.1. The fourth-order valence-electron chi connectivity index (χ4n) is 3.08. The Bertz CT molecular complexity index is 634. The van der Waals surface area contributed by atoms with Gasteiger partial charge in [-0.15, -0.1) is 0 Å². The van der Waals surface area contributed by atoms with Gasteiger partial charge in [0.2, 0.25) is 5.91 Å².